The Hall–Kier alpha value is -2.89. The number of hydrogen-bond acceptors (Lipinski definition) is 5. The highest BCUT2D eigenvalue weighted by Gasteiger charge is 2.27. The van der Waals surface area contributed by atoms with Crippen LogP contribution in [-0.4, -0.2) is 26.2 Å². The van der Waals surface area contributed by atoms with Gasteiger partial charge in [-0.2, -0.15) is 0 Å². The molecule has 0 saturated carbocycles. The molecule has 0 N–H and O–H groups in total. The molecule has 0 amide bonds. The molecule has 23 heavy (non-hydrogen) atoms. The lowest BCUT2D eigenvalue weighted by Gasteiger charge is -2.23. The summed E-state index contributed by atoms with van der Waals surface area (Å²) in [6.45, 7) is 1.61. The summed E-state index contributed by atoms with van der Waals surface area (Å²) in [5.41, 5.74) is 0.976. The maximum Gasteiger partial charge on any atom is 0.355 e. The lowest BCUT2D eigenvalue weighted by molar-refractivity contribution is -0.139. The highest BCUT2D eigenvalue weighted by atomic mass is 19.1. The molecule has 1 aromatic rings. The number of halogens is 1. The van der Waals surface area contributed by atoms with Crippen LogP contribution in [0.25, 0.3) is 0 Å². The van der Waals surface area contributed by atoms with Crippen LogP contribution in [0.3, 0.4) is 0 Å². The van der Waals surface area contributed by atoms with Crippen molar-refractivity contribution < 1.29 is 23.5 Å². The van der Waals surface area contributed by atoms with Gasteiger partial charge >= 0.3 is 11.9 Å². The van der Waals surface area contributed by atoms with Gasteiger partial charge < -0.3 is 14.4 Å². The third kappa shape index (κ3) is 3.31. The van der Waals surface area contributed by atoms with Crippen molar-refractivity contribution in [3.63, 3.8) is 0 Å². The average Bonchev–Trinajstić information content (AvgIpc) is 2.78. The van der Waals surface area contributed by atoms with E-state index < -0.39 is 11.9 Å². The van der Waals surface area contributed by atoms with Crippen molar-refractivity contribution in [3.8, 4) is 0 Å². The minimum atomic E-state index is -0.705. The molecule has 120 valence electrons. The number of carbonyl (C=O) groups excluding carboxylic acids is 2. The molecule has 6 heteroatoms. The molecular weight excluding hydrogens is 301 g/mol. The molecule has 0 atom stereocenters. The Balaban J connectivity index is 2.65. The lowest BCUT2D eigenvalue weighted by atomic mass is 10.1. The van der Waals surface area contributed by atoms with Crippen molar-refractivity contribution in [1.29, 1.82) is 0 Å². The van der Waals surface area contributed by atoms with E-state index in [4.69, 9.17) is 9.47 Å². The summed E-state index contributed by atoms with van der Waals surface area (Å²) >= 11 is 0. The van der Waals surface area contributed by atoms with Gasteiger partial charge in [0.2, 0.25) is 0 Å². The number of methoxy groups -OCH3 is 2. The van der Waals surface area contributed by atoms with Gasteiger partial charge in [0.05, 0.1) is 19.8 Å². The van der Waals surface area contributed by atoms with E-state index in [0.717, 1.165) is 0 Å². The Morgan fingerprint density at radius 2 is 1.78 bits per heavy atom. The zero-order chi connectivity index (χ0) is 17.0. The Bertz CT molecular complexity index is 734. The van der Waals surface area contributed by atoms with Crippen molar-refractivity contribution in [2.45, 2.75) is 6.92 Å². The van der Waals surface area contributed by atoms with E-state index in [0.29, 0.717) is 11.3 Å². The van der Waals surface area contributed by atoms with Gasteiger partial charge in [-0.1, -0.05) is 6.08 Å². The lowest BCUT2D eigenvalue weighted by Crippen LogP contribution is -2.27. The van der Waals surface area contributed by atoms with Crippen LogP contribution in [0.4, 0.5) is 10.1 Å². The molecule has 0 aromatic heterocycles. The van der Waals surface area contributed by atoms with Crippen LogP contribution in [0.15, 0.2) is 53.9 Å². The van der Waals surface area contributed by atoms with Gasteiger partial charge in [0.25, 0.3) is 0 Å². The van der Waals surface area contributed by atoms with Crippen LogP contribution >= 0.6 is 0 Å². The van der Waals surface area contributed by atoms with Crippen molar-refractivity contribution >= 4 is 17.6 Å². The van der Waals surface area contributed by atoms with E-state index >= 15 is 0 Å². The van der Waals surface area contributed by atoms with E-state index in [1.807, 2.05) is 0 Å². The number of aryl methyl sites for hydroxylation is 1. The topological polar surface area (TPSA) is 55.8 Å². The second kappa shape index (κ2) is 6.91. The highest BCUT2D eigenvalue weighted by molar-refractivity contribution is 6.05. The van der Waals surface area contributed by atoms with E-state index in [-0.39, 0.29) is 17.1 Å². The van der Waals surface area contributed by atoms with Crippen molar-refractivity contribution in [1.82, 2.24) is 0 Å². The third-order valence-corrected chi connectivity index (χ3v) is 3.31. The summed E-state index contributed by atoms with van der Waals surface area (Å²) in [6.07, 6.45) is 6.31. The van der Waals surface area contributed by atoms with Gasteiger partial charge in [-0.3, -0.25) is 0 Å². The standard InChI is InChI=1S/C17H16FNO4/c1-11-10-12(7-8-14(11)18)19-9-5-4-6-13(16(20)22-2)15(19)17(21)23-3/h4-10H,1-3H3. The van der Waals surface area contributed by atoms with Crippen LogP contribution in [0, 0.1) is 12.7 Å². The smallest absolute Gasteiger partial charge is 0.355 e. The number of carbonyl (C=O) groups is 2. The van der Waals surface area contributed by atoms with Crippen molar-refractivity contribution in [3.05, 3.63) is 65.3 Å². The molecular formula is C17H16FNO4. The SMILES string of the molecule is COC(=O)C1=C(C(=O)OC)N(c2ccc(F)c(C)c2)C=CC=C1. The number of rotatable bonds is 3. The van der Waals surface area contributed by atoms with Crippen molar-refractivity contribution in [2.75, 3.05) is 19.1 Å². The summed E-state index contributed by atoms with van der Waals surface area (Å²) in [5.74, 6) is -1.74. The van der Waals surface area contributed by atoms with Crippen LogP contribution < -0.4 is 4.90 Å². The molecule has 5 nitrogen and oxygen atoms in total. The van der Waals surface area contributed by atoms with Crippen LogP contribution in [0.1, 0.15) is 5.56 Å². The van der Waals surface area contributed by atoms with Gasteiger partial charge in [0.1, 0.15) is 11.5 Å². The summed E-state index contributed by atoms with van der Waals surface area (Å²) in [4.78, 5) is 25.7. The number of anilines is 1. The molecule has 0 fully saturated rings. The number of ether oxygens (including phenoxy) is 2. The maximum absolute atomic E-state index is 13.5. The molecule has 0 unspecified atom stereocenters. The van der Waals surface area contributed by atoms with Gasteiger partial charge in [0.15, 0.2) is 0 Å². The van der Waals surface area contributed by atoms with Crippen LogP contribution in [0.5, 0.6) is 0 Å². The Morgan fingerprint density at radius 3 is 2.39 bits per heavy atom. The molecule has 1 heterocycles. The molecule has 1 aromatic carbocycles. The second-order valence-electron chi connectivity index (χ2n) is 4.75. The van der Waals surface area contributed by atoms with Crippen LogP contribution in [-0.2, 0) is 19.1 Å². The molecule has 0 radical (unpaired) electrons. The largest absolute Gasteiger partial charge is 0.465 e. The number of allylic oxidation sites excluding steroid dienone is 2. The molecule has 0 spiro atoms. The van der Waals surface area contributed by atoms with Gasteiger partial charge in [-0.15, -0.1) is 0 Å². The summed E-state index contributed by atoms with van der Waals surface area (Å²) in [6, 6.07) is 4.38. The first kappa shape index (κ1) is 16.5. The minimum Gasteiger partial charge on any atom is -0.465 e. The number of nitrogens with zero attached hydrogens (tertiary/aromatic N) is 1. The predicted molar refractivity (Wildman–Crippen MR) is 83.0 cm³/mol. The maximum atomic E-state index is 13.5. The Morgan fingerprint density at radius 1 is 1.09 bits per heavy atom. The molecule has 1 aliphatic rings. The monoisotopic (exact) mass is 317 g/mol. The van der Waals surface area contributed by atoms with E-state index in [1.54, 1.807) is 31.3 Å². The Kier molecular flexibility index (Phi) is 4.95. The number of hydrogen-bond donors (Lipinski definition) is 0. The average molecular weight is 317 g/mol. The minimum absolute atomic E-state index is 0.00430. The molecule has 0 aliphatic carbocycles. The second-order valence-corrected chi connectivity index (χ2v) is 4.75. The first-order valence-electron chi connectivity index (χ1n) is 6.80. The van der Waals surface area contributed by atoms with E-state index in [9.17, 15) is 14.0 Å². The zero-order valence-electron chi connectivity index (χ0n) is 13.0. The molecule has 0 bridgehead atoms. The van der Waals surface area contributed by atoms with Crippen LogP contribution in [0.2, 0.25) is 0 Å². The summed E-state index contributed by atoms with van der Waals surface area (Å²) in [5, 5.41) is 0. The fourth-order valence-electron chi connectivity index (χ4n) is 2.14. The molecule has 1 aliphatic heterocycles. The Labute approximate surface area is 133 Å². The molecule has 2 rings (SSSR count). The first-order chi connectivity index (χ1) is 11.0. The number of esters is 2. The fraction of sp³-hybridized carbons (Fsp3) is 0.176. The normalized spacial score (nSPS) is 13.8. The van der Waals surface area contributed by atoms with E-state index in [1.165, 1.54) is 37.3 Å². The molecule has 0 saturated heterocycles. The summed E-state index contributed by atoms with van der Waals surface area (Å²) < 4.78 is 23.0. The van der Waals surface area contributed by atoms with Gasteiger partial charge in [-0.05, 0) is 42.8 Å². The van der Waals surface area contributed by atoms with E-state index in [2.05, 4.69) is 0 Å². The third-order valence-electron chi connectivity index (χ3n) is 3.31. The van der Waals surface area contributed by atoms with Crippen molar-refractivity contribution in [2.24, 2.45) is 0 Å². The predicted octanol–water partition coefficient (Wildman–Crippen LogP) is 2.62. The van der Waals surface area contributed by atoms with Gasteiger partial charge in [0, 0.05) is 11.9 Å². The first-order valence-corrected chi connectivity index (χ1v) is 6.80. The number of benzene rings is 1. The fourth-order valence-corrected chi connectivity index (χ4v) is 2.14. The zero-order valence-corrected chi connectivity index (χ0v) is 13.0. The van der Waals surface area contributed by atoms with Gasteiger partial charge in [-0.25, -0.2) is 14.0 Å². The summed E-state index contributed by atoms with van der Waals surface area (Å²) in [7, 11) is 2.44. The quantitative estimate of drug-likeness (QED) is 0.802. The highest BCUT2D eigenvalue weighted by Crippen LogP contribution is 2.27.